The first kappa shape index (κ1) is 16.6. The smallest absolute Gasteiger partial charge is 0.162 e. The summed E-state index contributed by atoms with van der Waals surface area (Å²) < 4.78 is 19.0. The molecule has 1 saturated carbocycles. The van der Waals surface area contributed by atoms with E-state index in [0.29, 0.717) is 6.42 Å². The van der Waals surface area contributed by atoms with Gasteiger partial charge in [0.15, 0.2) is 5.78 Å². The maximum absolute atomic E-state index is 13.0. The molecule has 2 aliphatic heterocycles. The van der Waals surface area contributed by atoms with E-state index in [4.69, 9.17) is 4.74 Å². The third-order valence-corrected chi connectivity index (χ3v) is 5.57. The molecule has 3 fully saturated rings. The normalized spacial score (nSPS) is 31.0. The summed E-state index contributed by atoms with van der Waals surface area (Å²) in [6.45, 7) is 1.84. The van der Waals surface area contributed by atoms with E-state index >= 15 is 0 Å². The molecule has 1 aromatic carbocycles. The Morgan fingerprint density at radius 3 is 2.70 bits per heavy atom. The second-order valence-electron chi connectivity index (χ2n) is 7.15. The van der Waals surface area contributed by atoms with Crippen LogP contribution in [0.15, 0.2) is 30.3 Å². The molecule has 3 aliphatic rings. The van der Waals surface area contributed by atoms with Crippen molar-refractivity contribution >= 4 is 5.78 Å². The van der Waals surface area contributed by atoms with Crippen molar-refractivity contribution in [2.24, 2.45) is 11.8 Å². The SMILES string of the molecule is CCCC(CC(=O)C1OC2CCC1CC2CF)c1ccccc1. The van der Waals surface area contributed by atoms with Crippen LogP contribution in [0.25, 0.3) is 0 Å². The molecule has 0 spiro atoms. The lowest BCUT2D eigenvalue weighted by Crippen LogP contribution is -2.50. The number of ether oxygens (including phenoxy) is 1. The van der Waals surface area contributed by atoms with Crippen molar-refractivity contribution in [1.29, 1.82) is 0 Å². The van der Waals surface area contributed by atoms with Crippen LogP contribution < -0.4 is 0 Å². The van der Waals surface area contributed by atoms with Crippen LogP contribution in [0.4, 0.5) is 4.39 Å². The fourth-order valence-electron chi connectivity index (χ4n) is 4.35. The van der Waals surface area contributed by atoms with Gasteiger partial charge in [0, 0.05) is 12.3 Å². The van der Waals surface area contributed by atoms with E-state index in [1.54, 1.807) is 0 Å². The average Bonchev–Trinajstić information content (AvgIpc) is 2.62. The van der Waals surface area contributed by atoms with Gasteiger partial charge in [-0.3, -0.25) is 9.18 Å². The van der Waals surface area contributed by atoms with Crippen LogP contribution in [-0.4, -0.2) is 24.7 Å². The van der Waals surface area contributed by atoms with Crippen molar-refractivity contribution in [3.63, 3.8) is 0 Å². The number of carbonyl (C=O) groups excluding carboxylic acids is 1. The maximum atomic E-state index is 13.0. The van der Waals surface area contributed by atoms with Crippen LogP contribution in [0.1, 0.15) is 56.9 Å². The summed E-state index contributed by atoms with van der Waals surface area (Å²) in [5, 5.41) is 0. The number of ketones is 1. The van der Waals surface area contributed by atoms with E-state index in [2.05, 4.69) is 19.1 Å². The molecule has 5 unspecified atom stereocenters. The van der Waals surface area contributed by atoms with Crippen LogP contribution in [0, 0.1) is 11.8 Å². The van der Waals surface area contributed by atoms with E-state index in [1.807, 2.05) is 18.2 Å². The average molecular weight is 318 g/mol. The number of hydrogen-bond acceptors (Lipinski definition) is 2. The number of fused-ring (bicyclic) bond motifs is 3. The number of alkyl halides is 1. The van der Waals surface area contributed by atoms with Crippen molar-refractivity contribution in [3.8, 4) is 0 Å². The van der Waals surface area contributed by atoms with Gasteiger partial charge in [-0.15, -0.1) is 0 Å². The van der Waals surface area contributed by atoms with Gasteiger partial charge in [-0.1, -0.05) is 43.7 Å². The summed E-state index contributed by atoms with van der Waals surface area (Å²) in [6.07, 6.45) is 5.05. The van der Waals surface area contributed by atoms with Crippen molar-refractivity contribution < 1.29 is 13.9 Å². The lowest BCUT2D eigenvalue weighted by Gasteiger charge is -2.46. The van der Waals surface area contributed by atoms with Crippen molar-refractivity contribution in [2.75, 3.05) is 6.67 Å². The Morgan fingerprint density at radius 1 is 1.30 bits per heavy atom. The first-order chi connectivity index (χ1) is 11.2. The predicted molar refractivity (Wildman–Crippen MR) is 89.2 cm³/mol. The first-order valence-corrected chi connectivity index (χ1v) is 9.02. The van der Waals surface area contributed by atoms with Gasteiger partial charge in [0.25, 0.3) is 0 Å². The van der Waals surface area contributed by atoms with E-state index < -0.39 is 0 Å². The number of halogens is 1. The second-order valence-corrected chi connectivity index (χ2v) is 7.15. The highest BCUT2D eigenvalue weighted by atomic mass is 19.1. The molecule has 3 heteroatoms. The predicted octanol–water partition coefficient (Wildman–Crippen LogP) is 4.68. The number of rotatable bonds is 7. The minimum Gasteiger partial charge on any atom is -0.367 e. The van der Waals surface area contributed by atoms with Gasteiger partial charge in [0.1, 0.15) is 6.10 Å². The molecular formula is C20H27FO2. The highest BCUT2D eigenvalue weighted by Crippen LogP contribution is 2.42. The molecule has 2 bridgehead atoms. The van der Waals surface area contributed by atoms with Crippen molar-refractivity contribution in [2.45, 2.75) is 63.6 Å². The Balaban J connectivity index is 1.66. The topological polar surface area (TPSA) is 26.3 Å². The Labute approximate surface area is 138 Å². The minimum absolute atomic E-state index is 0.0124. The van der Waals surface area contributed by atoms with Gasteiger partial charge in [-0.2, -0.15) is 0 Å². The molecule has 2 saturated heterocycles. The van der Waals surface area contributed by atoms with Crippen LogP contribution in [-0.2, 0) is 9.53 Å². The molecule has 2 heterocycles. The second kappa shape index (κ2) is 7.57. The number of hydrogen-bond donors (Lipinski definition) is 0. The number of carbonyl (C=O) groups is 1. The molecule has 1 aromatic rings. The monoisotopic (exact) mass is 318 g/mol. The van der Waals surface area contributed by atoms with E-state index in [0.717, 1.165) is 32.1 Å². The summed E-state index contributed by atoms with van der Waals surface area (Å²) in [6, 6.07) is 10.3. The Bertz CT molecular complexity index is 516. The molecule has 0 aromatic heterocycles. The molecule has 126 valence electrons. The molecular weight excluding hydrogens is 291 g/mol. The van der Waals surface area contributed by atoms with E-state index in [-0.39, 0.29) is 42.4 Å². The summed E-state index contributed by atoms with van der Waals surface area (Å²) in [5.74, 6) is 0.735. The Kier molecular flexibility index (Phi) is 5.47. The Morgan fingerprint density at radius 2 is 2.09 bits per heavy atom. The molecule has 0 radical (unpaired) electrons. The van der Waals surface area contributed by atoms with Crippen LogP contribution in [0.3, 0.4) is 0 Å². The zero-order chi connectivity index (χ0) is 16.2. The van der Waals surface area contributed by atoms with Gasteiger partial charge >= 0.3 is 0 Å². The largest absolute Gasteiger partial charge is 0.367 e. The van der Waals surface area contributed by atoms with Gasteiger partial charge in [0.05, 0.1) is 12.8 Å². The summed E-state index contributed by atoms with van der Waals surface area (Å²) >= 11 is 0. The summed E-state index contributed by atoms with van der Waals surface area (Å²) in [7, 11) is 0. The van der Waals surface area contributed by atoms with E-state index in [9.17, 15) is 9.18 Å². The highest BCUT2D eigenvalue weighted by Gasteiger charge is 2.45. The molecule has 5 atom stereocenters. The number of Topliss-reactive ketones (excluding diaryl/α,β-unsaturated/α-hetero) is 1. The lowest BCUT2D eigenvalue weighted by atomic mass is 9.72. The molecule has 2 nitrogen and oxygen atoms in total. The van der Waals surface area contributed by atoms with Gasteiger partial charge in [-0.25, -0.2) is 0 Å². The van der Waals surface area contributed by atoms with Gasteiger partial charge < -0.3 is 4.74 Å². The zero-order valence-corrected chi connectivity index (χ0v) is 13.9. The summed E-state index contributed by atoms with van der Waals surface area (Å²) in [4.78, 5) is 12.8. The van der Waals surface area contributed by atoms with E-state index in [1.165, 1.54) is 5.56 Å². The fourth-order valence-corrected chi connectivity index (χ4v) is 4.35. The molecule has 0 amide bonds. The minimum atomic E-state index is -0.315. The van der Waals surface area contributed by atoms with Crippen molar-refractivity contribution in [3.05, 3.63) is 35.9 Å². The van der Waals surface area contributed by atoms with Crippen LogP contribution in [0.2, 0.25) is 0 Å². The van der Waals surface area contributed by atoms with Crippen LogP contribution >= 0.6 is 0 Å². The lowest BCUT2D eigenvalue weighted by molar-refractivity contribution is -0.174. The highest BCUT2D eigenvalue weighted by molar-refractivity contribution is 5.84. The summed E-state index contributed by atoms with van der Waals surface area (Å²) in [5.41, 5.74) is 1.24. The molecule has 4 rings (SSSR count). The zero-order valence-electron chi connectivity index (χ0n) is 13.9. The third-order valence-electron chi connectivity index (χ3n) is 5.57. The quantitative estimate of drug-likeness (QED) is 0.729. The molecule has 1 aliphatic carbocycles. The van der Waals surface area contributed by atoms with Gasteiger partial charge in [-0.05, 0) is 43.1 Å². The molecule has 0 N–H and O–H groups in total. The standard InChI is InChI=1S/C20H27FO2/c1-2-6-15(14-7-4-3-5-8-14)12-18(22)20-16-9-10-19(23-20)17(11-16)13-21/h3-5,7-8,15-17,19-20H,2,6,9-13H2,1H3. The number of benzene rings is 1. The maximum Gasteiger partial charge on any atom is 0.162 e. The van der Waals surface area contributed by atoms with Crippen LogP contribution in [0.5, 0.6) is 0 Å². The third kappa shape index (κ3) is 3.65. The Hall–Kier alpha value is -1.22. The first-order valence-electron chi connectivity index (χ1n) is 9.02. The molecule has 23 heavy (non-hydrogen) atoms. The fraction of sp³-hybridized carbons (Fsp3) is 0.650. The van der Waals surface area contributed by atoms with Crippen molar-refractivity contribution in [1.82, 2.24) is 0 Å². The van der Waals surface area contributed by atoms with Gasteiger partial charge in [0.2, 0.25) is 0 Å².